The minimum Gasteiger partial charge on any atom is -0.382 e. The summed E-state index contributed by atoms with van der Waals surface area (Å²) in [6.45, 7) is 6.64. The topological polar surface area (TPSA) is 86.3 Å². The third-order valence-corrected chi connectivity index (χ3v) is 7.16. The predicted molar refractivity (Wildman–Crippen MR) is 111 cm³/mol. The van der Waals surface area contributed by atoms with Crippen LogP contribution in [0.3, 0.4) is 0 Å². The van der Waals surface area contributed by atoms with Gasteiger partial charge in [0.05, 0.1) is 18.4 Å². The third-order valence-electron chi connectivity index (χ3n) is 5.92. The van der Waals surface area contributed by atoms with E-state index in [4.69, 9.17) is 10.5 Å². The molecular formula is C20H27N5O2S. The van der Waals surface area contributed by atoms with Crippen molar-refractivity contribution in [3.63, 3.8) is 0 Å². The molecule has 4 heterocycles. The number of aryl methyl sites for hydroxylation is 1. The van der Waals surface area contributed by atoms with Crippen LogP contribution in [-0.2, 0) is 11.8 Å². The van der Waals surface area contributed by atoms with Crippen molar-refractivity contribution < 1.29 is 4.74 Å². The maximum absolute atomic E-state index is 13.0. The fourth-order valence-corrected chi connectivity index (χ4v) is 5.17. The Labute approximate surface area is 169 Å². The number of aromatic nitrogens is 3. The summed E-state index contributed by atoms with van der Waals surface area (Å²) >= 11 is 1.33. The zero-order valence-electron chi connectivity index (χ0n) is 16.6. The van der Waals surface area contributed by atoms with Gasteiger partial charge in [-0.25, -0.2) is 0 Å². The van der Waals surface area contributed by atoms with Gasteiger partial charge in [0.2, 0.25) is 5.95 Å². The molecule has 0 radical (unpaired) electrons. The highest BCUT2D eigenvalue weighted by Gasteiger charge is 2.41. The first-order chi connectivity index (χ1) is 13.4. The van der Waals surface area contributed by atoms with E-state index in [-0.39, 0.29) is 16.8 Å². The van der Waals surface area contributed by atoms with Crippen LogP contribution in [0.2, 0.25) is 0 Å². The number of anilines is 2. The van der Waals surface area contributed by atoms with Crippen LogP contribution in [0.5, 0.6) is 0 Å². The summed E-state index contributed by atoms with van der Waals surface area (Å²) in [4.78, 5) is 25.4. The minimum atomic E-state index is -0.117. The minimum absolute atomic E-state index is 0.117. The van der Waals surface area contributed by atoms with Crippen LogP contribution < -0.4 is 16.2 Å². The molecule has 7 nitrogen and oxygen atoms in total. The molecule has 1 atom stereocenters. The molecule has 2 fully saturated rings. The summed E-state index contributed by atoms with van der Waals surface area (Å²) in [5.41, 5.74) is 7.25. The van der Waals surface area contributed by atoms with Crippen molar-refractivity contribution in [2.75, 3.05) is 30.3 Å². The van der Waals surface area contributed by atoms with E-state index in [9.17, 15) is 4.79 Å². The molecule has 1 spiro atoms. The van der Waals surface area contributed by atoms with Crippen LogP contribution in [0.25, 0.3) is 0 Å². The number of ether oxygens (including phenoxy) is 1. The van der Waals surface area contributed by atoms with E-state index >= 15 is 0 Å². The molecule has 0 aromatic carbocycles. The zero-order valence-corrected chi connectivity index (χ0v) is 17.5. The Morgan fingerprint density at radius 3 is 2.75 bits per heavy atom. The van der Waals surface area contributed by atoms with Gasteiger partial charge in [-0.05, 0) is 50.7 Å². The van der Waals surface area contributed by atoms with E-state index in [1.54, 1.807) is 17.8 Å². The molecular weight excluding hydrogens is 374 g/mol. The first kappa shape index (κ1) is 19.3. The van der Waals surface area contributed by atoms with Crippen molar-refractivity contribution in [2.24, 2.45) is 12.5 Å². The van der Waals surface area contributed by atoms with Crippen LogP contribution >= 0.6 is 11.8 Å². The van der Waals surface area contributed by atoms with Gasteiger partial charge in [0.15, 0.2) is 0 Å². The van der Waals surface area contributed by atoms with Crippen LogP contribution in [0.4, 0.5) is 11.8 Å². The van der Waals surface area contributed by atoms with Crippen molar-refractivity contribution in [3.8, 4) is 0 Å². The van der Waals surface area contributed by atoms with Crippen LogP contribution in [0, 0.1) is 12.3 Å². The standard InChI is InChI=1S/C20H27N5O2S/c1-13-11-20(12-27-13)6-9-25(10-7-20)19-23-17(21)16(18(26)24(19)3)28-15-5-4-8-22-14(15)2/h4-5,8,13H,6-7,9-12,21H2,1-3H3/t13-/m0/s1. The predicted octanol–water partition coefficient (Wildman–Crippen LogP) is 2.61. The van der Waals surface area contributed by atoms with Gasteiger partial charge in [0.25, 0.3) is 5.56 Å². The molecule has 28 heavy (non-hydrogen) atoms. The Kier molecular flexibility index (Phi) is 5.09. The highest BCUT2D eigenvalue weighted by atomic mass is 32.2. The summed E-state index contributed by atoms with van der Waals surface area (Å²) in [6, 6.07) is 3.80. The molecule has 2 aromatic rings. The summed E-state index contributed by atoms with van der Waals surface area (Å²) in [7, 11) is 1.77. The third kappa shape index (κ3) is 3.51. The Balaban J connectivity index is 1.57. The lowest BCUT2D eigenvalue weighted by atomic mass is 9.77. The Morgan fingerprint density at radius 1 is 1.36 bits per heavy atom. The fourth-order valence-electron chi connectivity index (χ4n) is 4.23. The Hall–Kier alpha value is -2.06. The van der Waals surface area contributed by atoms with Crippen LogP contribution in [0.15, 0.2) is 32.9 Å². The first-order valence-corrected chi connectivity index (χ1v) is 10.5. The molecule has 150 valence electrons. The number of pyridine rings is 1. The van der Waals surface area contributed by atoms with Crippen molar-refractivity contribution in [1.82, 2.24) is 14.5 Å². The SMILES string of the molecule is Cc1ncccc1Sc1c(N)nc(N2CCC3(CC2)CO[C@@H](C)C3)n(C)c1=O. The lowest BCUT2D eigenvalue weighted by Gasteiger charge is -2.39. The van der Waals surface area contributed by atoms with Gasteiger partial charge in [-0.1, -0.05) is 11.8 Å². The van der Waals surface area contributed by atoms with E-state index in [0.29, 0.717) is 16.9 Å². The molecule has 4 rings (SSSR count). The van der Waals surface area contributed by atoms with Crippen molar-refractivity contribution >= 4 is 23.5 Å². The van der Waals surface area contributed by atoms with Crippen molar-refractivity contribution in [3.05, 3.63) is 34.4 Å². The summed E-state index contributed by atoms with van der Waals surface area (Å²) < 4.78 is 7.43. The summed E-state index contributed by atoms with van der Waals surface area (Å²) in [5.74, 6) is 0.932. The molecule has 8 heteroatoms. The fraction of sp³-hybridized carbons (Fsp3) is 0.550. The average molecular weight is 402 g/mol. The zero-order chi connectivity index (χ0) is 19.9. The molecule has 0 aliphatic carbocycles. The van der Waals surface area contributed by atoms with E-state index in [1.165, 1.54) is 11.8 Å². The monoisotopic (exact) mass is 401 g/mol. The van der Waals surface area contributed by atoms with E-state index in [1.807, 2.05) is 19.1 Å². The van der Waals surface area contributed by atoms with Crippen LogP contribution in [-0.4, -0.2) is 40.3 Å². The van der Waals surface area contributed by atoms with Gasteiger partial charge in [-0.3, -0.25) is 14.3 Å². The molecule has 0 bridgehead atoms. The summed E-state index contributed by atoms with van der Waals surface area (Å²) in [6.07, 6.45) is 5.31. The number of rotatable bonds is 3. The van der Waals surface area contributed by atoms with Gasteiger partial charge < -0.3 is 15.4 Å². The van der Waals surface area contributed by atoms with E-state index < -0.39 is 0 Å². The second-order valence-electron chi connectivity index (χ2n) is 7.99. The van der Waals surface area contributed by atoms with E-state index in [0.717, 1.165) is 49.5 Å². The number of hydrogen-bond acceptors (Lipinski definition) is 7. The largest absolute Gasteiger partial charge is 0.382 e. The van der Waals surface area contributed by atoms with Gasteiger partial charge in [0, 0.05) is 31.2 Å². The molecule has 0 saturated carbocycles. The number of hydrogen-bond donors (Lipinski definition) is 1. The van der Waals surface area contributed by atoms with Crippen LogP contribution in [0.1, 0.15) is 31.9 Å². The molecule has 2 N–H and O–H groups in total. The lowest BCUT2D eigenvalue weighted by Crippen LogP contribution is -2.43. The van der Waals surface area contributed by atoms with Crippen molar-refractivity contribution in [2.45, 2.75) is 49.0 Å². The lowest BCUT2D eigenvalue weighted by molar-refractivity contribution is 0.0974. The van der Waals surface area contributed by atoms with Gasteiger partial charge in [0.1, 0.15) is 10.7 Å². The molecule has 2 saturated heterocycles. The van der Waals surface area contributed by atoms with Crippen molar-refractivity contribution in [1.29, 1.82) is 0 Å². The van der Waals surface area contributed by atoms with Gasteiger partial charge in [-0.15, -0.1) is 0 Å². The molecule has 0 amide bonds. The molecule has 2 aliphatic heterocycles. The highest BCUT2D eigenvalue weighted by molar-refractivity contribution is 7.99. The number of nitrogen functional groups attached to an aromatic ring is 1. The second-order valence-corrected chi connectivity index (χ2v) is 9.04. The maximum atomic E-state index is 13.0. The summed E-state index contributed by atoms with van der Waals surface area (Å²) in [5, 5.41) is 0. The van der Waals surface area contributed by atoms with E-state index in [2.05, 4.69) is 21.8 Å². The second kappa shape index (κ2) is 7.40. The average Bonchev–Trinajstić information content (AvgIpc) is 3.04. The molecule has 0 unspecified atom stereocenters. The maximum Gasteiger partial charge on any atom is 0.270 e. The Bertz CT molecular complexity index is 937. The quantitative estimate of drug-likeness (QED) is 0.846. The molecule has 2 aromatic heterocycles. The number of nitrogens with two attached hydrogens (primary N) is 1. The number of piperidine rings is 1. The smallest absolute Gasteiger partial charge is 0.270 e. The highest BCUT2D eigenvalue weighted by Crippen LogP contribution is 2.42. The number of nitrogens with zero attached hydrogens (tertiary/aromatic N) is 4. The first-order valence-electron chi connectivity index (χ1n) is 9.71. The normalized spacial score (nSPS) is 21.4. The molecule has 2 aliphatic rings. The van der Waals surface area contributed by atoms with Gasteiger partial charge >= 0.3 is 0 Å². The Morgan fingerprint density at radius 2 is 2.11 bits per heavy atom. The van der Waals surface area contributed by atoms with Gasteiger partial charge in [-0.2, -0.15) is 4.98 Å².